The maximum atomic E-state index is 11.9. The predicted molar refractivity (Wildman–Crippen MR) is 67.2 cm³/mol. The summed E-state index contributed by atoms with van der Waals surface area (Å²) in [5, 5.41) is 8.80. The van der Waals surface area contributed by atoms with Crippen LogP contribution < -0.4 is 10.5 Å². The minimum Gasteiger partial charge on any atom is -0.370 e. The molecule has 1 amide bonds. The van der Waals surface area contributed by atoms with Crippen molar-refractivity contribution in [3.05, 3.63) is 24.0 Å². The smallest absolute Gasteiger partial charge is 0.243 e. The zero-order valence-electron chi connectivity index (χ0n) is 10.2. The van der Waals surface area contributed by atoms with Crippen LogP contribution in [-0.4, -0.2) is 25.9 Å². The number of pyridine rings is 1. The second-order valence-corrected chi connectivity index (χ2v) is 5.52. The van der Waals surface area contributed by atoms with E-state index in [0.717, 1.165) is 0 Å². The zero-order valence-corrected chi connectivity index (χ0v) is 11.0. The molecule has 0 atom stereocenters. The van der Waals surface area contributed by atoms with Gasteiger partial charge >= 0.3 is 0 Å². The maximum absolute atomic E-state index is 11.9. The molecule has 0 bridgehead atoms. The topological polar surface area (TPSA) is 126 Å². The number of primary amides is 1. The van der Waals surface area contributed by atoms with Gasteiger partial charge in [-0.2, -0.15) is 5.26 Å². The number of sulfonamides is 1. The normalized spacial score (nSPS) is 10.9. The monoisotopic (exact) mass is 282 g/mol. The number of aromatic nitrogens is 1. The van der Waals surface area contributed by atoms with Gasteiger partial charge < -0.3 is 5.73 Å². The predicted octanol–water partition coefficient (Wildman–Crippen LogP) is -0.113. The molecule has 0 radical (unpaired) electrons. The Morgan fingerprint density at radius 2 is 2.21 bits per heavy atom. The molecule has 102 valence electrons. The van der Waals surface area contributed by atoms with Gasteiger partial charge in [0.05, 0.1) is 0 Å². The third-order valence-corrected chi connectivity index (χ3v) is 3.80. The molecular weight excluding hydrogens is 268 g/mol. The van der Waals surface area contributed by atoms with Gasteiger partial charge in [0.2, 0.25) is 15.9 Å². The lowest BCUT2D eigenvalue weighted by Gasteiger charge is -2.06. The Bertz CT molecular complexity index is 592. The third-order valence-electron chi connectivity index (χ3n) is 2.31. The van der Waals surface area contributed by atoms with Gasteiger partial charge in [-0.1, -0.05) is 0 Å². The SMILES string of the molecule is N#Cc1ncccc1S(=O)(=O)NCCCCC(N)=O. The van der Waals surface area contributed by atoms with E-state index in [1.807, 2.05) is 0 Å². The first-order valence-corrected chi connectivity index (χ1v) is 7.09. The number of nitrogens with zero attached hydrogens (tertiary/aromatic N) is 2. The second-order valence-electron chi connectivity index (χ2n) is 3.78. The van der Waals surface area contributed by atoms with Crippen molar-refractivity contribution in [3.63, 3.8) is 0 Å². The largest absolute Gasteiger partial charge is 0.370 e. The van der Waals surface area contributed by atoms with Crippen molar-refractivity contribution in [2.75, 3.05) is 6.54 Å². The van der Waals surface area contributed by atoms with E-state index >= 15 is 0 Å². The fourth-order valence-electron chi connectivity index (χ4n) is 1.40. The average Bonchev–Trinajstić information content (AvgIpc) is 2.37. The lowest BCUT2D eigenvalue weighted by molar-refractivity contribution is -0.118. The Hall–Kier alpha value is -1.98. The van der Waals surface area contributed by atoms with Crippen LogP contribution in [0.1, 0.15) is 25.0 Å². The van der Waals surface area contributed by atoms with Gasteiger partial charge in [0.25, 0.3) is 0 Å². The first-order valence-electron chi connectivity index (χ1n) is 5.60. The lowest BCUT2D eigenvalue weighted by atomic mass is 10.2. The fraction of sp³-hybridized carbons (Fsp3) is 0.364. The second kappa shape index (κ2) is 6.82. The summed E-state index contributed by atoms with van der Waals surface area (Å²) in [6, 6.07) is 4.49. The van der Waals surface area contributed by atoms with Gasteiger partial charge in [-0.3, -0.25) is 4.79 Å². The van der Waals surface area contributed by atoms with E-state index < -0.39 is 15.9 Å². The molecule has 0 aromatic carbocycles. The quantitative estimate of drug-likeness (QED) is 0.674. The fourth-order valence-corrected chi connectivity index (χ4v) is 2.58. The number of nitriles is 1. The lowest BCUT2D eigenvalue weighted by Crippen LogP contribution is -2.26. The number of hydrogen-bond acceptors (Lipinski definition) is 5. The first-order chi connectivity index (χ1) is 8.97. The Labute approximate surface area is 111 Å². The molecule has 0 fully saturated rings. The molecule has 0 saturated heterocycles. The van der Waals surface area contributed by atoms with Crippen LogP contribution in [0.2, 0.25) is 0 Å². The van der Waals surface area contributed by atoms with Crippen LogP contribution in [0.5, 0.6) is 0 Å². The van der Waals surface area contributed by atoms with Crippen LogP contribution in [0, 0.1) is 11.3 Å². The number of hydrogen-bond donors (Lipinski definition) is 2. The number of rotatable bonds is 7. The Kier molecular flexibility index (Phi) is 5.41. The van der Waals surface area contributed by atoms with Gasteiger partial charge in [-0.25, -0.2) is 18.1 Å². The van der Waals surface area contributed by atoms with Crippen molar-refractivity contribution in [2.45, 2.75) is 24.2 Å². The van der Waals surface area contributed by atoms with Crippen molar-refractivity contribution < 1.29 is 13.2 Å². The minimum absolute atomic E-state index is 0.146. The molecule has 1 aromatic rings. The highest BCUT2D eigenvalue weighted by Crippen LogP contribution is 2.11. The van der Waals surface area contributed by atoms with Crippen LogP contribution in [0.3, 0.4) is 0 Å². The highest BCUT2D eigenvalue weighted by atomic mass is 32.2. The number of carbonyl (C=O) groups is 1. The standard InChI is InChI=1S/C11H14N4O3S/c12-8-9-10(4-3-6-14-9)19(17,18)15-7-2-1-5-11(13)16/h3-4,6,15H,1-2,5,7H2,(H2,13,16). The summed E-state index contributed by atoms with van der Waals surface area (Å²) >= 11 is 0. The van der Waals surface area contributed by atoms with E-state index in [0.29, 0.717) is 12.8 Å². The van der Waals surface area contributed by atoms with Gasteiger partial charge in [-0.15, -0.1) is 0 Å². The molecule has 0 aliphatic heterocycles. The molecule has 7 nitrogen and oxygen atoms in total. The van der Waals surface area contributed by atoms with Crippen LogP contribution >= 0.6 is 0 Å². The summed E-state index contributed by atoms with van der Waals surface area (Å²) < 4.78 is 26.2. The van der Waals surface area contributed by atoms with E-state index in [9.17, 15) is 13.2 Å². The number of amides is 1. The molecule has 1 rings (SSSR count). The molecule has 0 saturated carbocycles. The summed E-state index contributed by atoms with van der Waals surface area (Å²) in [5.74, 6) is -0.415. The number of nitrogens with one attached hydrogen (secondary N) is 1. The van der Waals surface area contributed by atoms with E-state index in [1.165, 1.54) is 18.3 Å². The molecule has 0 unspecified atom stereocenters. The molecular formula is C11H14N4O3S. The molecule has 1 aromatic heterocycles. The Morgan fingerprint density at radius 1 is 1.47 bits per heavy atom. The average molecular weight is 282 g/mol. The molecule has 0 aliphatic carbocycles. The molecule has 8 heteroatoms. The van der Waals surface area contributed by atoms with Crippen molar-refractivity contribution in [3.8, 4) is 6.07 Å². The van der Waals surface area contributed by atoms with Crippen LogP contribution in [0.15, 0.2) is 23.2 Å². The van der Waals surface area contributed by atoms with E-state index in [-0.39, 0.29) is 23.6 Å². The molecule has 19 heavy (non-hydrogen) atoms. The maximum Gasteiger partial charge on any atom is 0.243 e. The van der Waals surface area contributed by atoms with Crippen LogP contribution in [-0.2, 0) is 14.8 Å². The summed E-state index contributed by atoms with van der Waals surface area (Å²) in [4.78, 5) is 14.0. The molecule has 3 N–H and O–H groups in total. The summed E-state index contributed by atoms with van der Waals surface area (Å²) in [7, 11) is -3.75. The number of carbonyl (C=O) groups excluding carboxylic acids is 1. The van der Waals surface area contributed by atoms with E-state index in [1.54, 1.807) is 6.07 Å². The van der Waals surface area contributed by atoms with Gasteiger partial charge in [0, 0.05) is 19.2 Å². The van der Waals surface area contributed by atoms with Crippen molar-refractivity contribution >= 4 is 15.9 Å². The van der Waals surface area contributed by atoms with Gasteiger partial charge in [-0.05, 0) is 25.0 Å². The summed E-state index contributed by atoms with van der Waals surface area (Å²) in [6.07, 6.45) is 2.57. The van der Waals surface area contributed by atoms with Crippen molar-refractivity contribution in [1.29, 1.82) is 5.26 Å². The molecule has 0 aliphatic rings. The number of unbranched alkanes of at least 4 members (excludes halogenated alkanes) is 1. The van der Waals surface area contributed by atoms with Crippen molar-refractivity contribution in [1.82, 2.24) is 9.71 Å². The Balaban J connectivity index is 2.62. The van der Waals surface area contributed by atoms with Crippen LogP contribution in [0.4, 0.5) is 0 Å². The highest BCUT2D eigenvalue weighted by Gasteiger charge is 2.18. The molecule has 0 spiro atoms. The zero-order chi connectivity index (χ0) is 14.3. The number of nitrogens with two attached hydrogens (primary N) is 1. The van der Waals surface area contributed by atoms with Crippen LogP contribution in [0.25, 0.3) is 0 Å². The van der Waals surface area contributed by atoms with E-state index in [4.69, 9.17) is 11.0 Å². The highest BCUT2D eigenvalue weighted by molar-refractivity contribution is 7.89. The third kappa shape index (κ3) is 4.65. The summed E-state index contributed by atoms with van der Waals surface area (Å²) in [6.45, 7) is 0.176. The van der Waals surface area contributed by atoms with Gasteiger partial charge in [0.15, 0.2) is 5.69 Å². The summed E-state index contributed by atoms with van der Waals surface area (Å²) in [5.41, 5.74) is 4.82. The first kappa shape index (κ1) is 15.1. The molecule has 1 heterocycles. The minimum atomic E-state index is -3.75. The van der Waals surface area contributed by atoms with E-state index in [2.05, 4.69) is 9.71 Å². The van der Waals surface area contributed by atoms with Gasteiger partial charge in [0.1, 0.15) is 11.0 Å². The Morgan fingerprint density at radius 3 is 2.84 bits per heavy atom. The van der Waals surface area contributed by atoms with Crippen molar-refractivity contribution in [2.24, 2.45) is 5.73 Å².